The lowest BCUT2D eigenvalue weighted by Crippen LogP contribution is -2.49. The van der Waals surface area contributed by atoms with Crippen LogP contribution in [0, 0.1) is 5.82 Å². The topological polar surface area (TPSA) is 40.5 Å². The Morgan fingerprint density at radius 3 is 2.63 bits per heavy atom. The molecule has 1 aromatic rings. The van der Waals surface area contributed by atoms with E-state index in [0.29, 0.717) is 6.42 Å². The third-order valence-electron chi connectivity index (χ3n) is 4.17. The van der Waals surface area contributed by atoms with E-state index < -0.39 is 11.5 Å². The number of hydrogen-bond acceptors (Lipinski definition) is 2. The van der Waals surface area contributed by atoms with E-state index in [1.165, 1.54) is 12.1 Å². The number of aliphatic carboxylic acids is 1. The van der Waals surface area contributed by atoms with Gasteiger partial charge < -0.3 is 5.11 Å². The molecule has 1 aromatic carbocycles. The van der Waals surface area contributed by atoms with E-state index in [0.717, 1.165) is 24.9 Å². The summed E-state index contributed by atoms with van der Waals surface area (Å²) in [6, 6.07) is 6.41. The molecule has 1 aliphatic rings. The van der Waals surface area contributed by atoms with Crippen molar-refractivity contribution in [1.29, 1.82) is 0 Å². The molecule has 3 nitrogen and oxygen atoms in total. The Morgan fingerprint density at radius 1 is 1.47 bits per heavy atom. The van der Waals surface area contributed by atoms with Crippen LogP contribution in [0.4, 0.5) is 4.39 Å². The zero-order chi connectivity index (χ0) is 14.0. The van der Waals surface area contributed by atoms with Crippen LogP contribution in [0.2, 0.25) is 0 Å². The highest BCUT2D eigenvalue weighted by atomic mass is 19.1. The second-order valence-corrected chi connectivity index (χ2v) is 5.35. The van der Waals surface area contributed by atoms with Gasteiger partial charge in [-0.2, -0.15) is 0 Å². The predicted molar refractivity (Wildman–Crippen MR) is 71.4 cm³/mol. The van der Waals surface area contributed by atoms with Gasteiger partial charge in [-0.15, -0.1) is 0 Å². The van der Waals surface area contributed by atoms with Crippen molar-refractivity contribution < 1.29 is 14.3 Å². The molecule has 0 saturated carbocycles. The molecule has 2 rings (SSSR count). The lowest BCUT2D eigenvalue weighted by Gasteiger charge is -2.37. The number of benzene rings is 1. The summed E-state index contributed by atoms with van der Waals surface area (Å²) in [6.07, 6.45) is 2.37. The number of rotatable bonds is 4. The molecular formula is C15H20FNO2. The molecule has 1 saturated heterocycles. The number of hydrogen-bond donors (Lipinski definition) is 1. The molecule has 19 heavy (non-hydrogen) atoms. The van der Waals surface area contributed by atoms with Crippen molar-refractivity contribution in [2.75, 3.05) is 6.54 Å². The van der Waals surface area contributed by atoms with Crippen molar-refractivity contribution in [2.24, 2.45) is 0 Å². The first-order valence-electron chi connectivity index (χ1n) is 6.74. The second-order valence-electron chi connectivity index (χ2n) is 5.35. The number of carboxylic acids is 1. The zero-order valence-corrected chi connectivity index (χ0v) is 11.4. The Morgan fingerprint density at radius 2 is 2.11 bits per heavy atom. The van der Waals surface area contributed by atoms with Crippen LogP contribution in [0.25, 0.3) is 0 Å². The molecule has 104 valence electrons. The van der Waals surface area contributed by atoms with E-state index in [-0.39, 0.29) is 11.9 Å². The molecule has 2 atom stereocenters. The van der Waals surface area contributed by atoms with E-state index in [4.69, 9.17) is 0 Å². The molecule has 1 heterocycles. The van der Waals surface area contributed by atoms with Gasteiger partial charge >= 0.3 is 5.97 Å². The molecule has 1 aliphatic heterocycles. The average Bonchev–Trinajstić information content (AvgIpc) is 2.77. The van der Waals surface area contributed by atoms with Crippen molar-refractivity contribution in [2.45, 2.75) is 44.7 Å². The molecule has 1 fully saturated rings. The Balaban J connectivity index is 2.31. The van der Waals surface area contributed by atoms with E-state index in [9.17, 15) is 14.3 Å². The normalized spacial score (nSPS) is 25.4. The monoisotopic (exact) mass is 265 g/mol. The molecule has 0 bridgehead atoms. The van der Waals surface area contributed by atoms with Gasteiger partial charge in [-0.3, -0.25) is 9.69 Å². The van der Waals surface area contributed by atoms with Gasteiger partial charge in [-0.1, -0.05) is 19.1 Å². The zero-order valence-electron chi connectivity index (χ0n) is 11.4. The number of carbonyl (C=O) groups is 1. The highest BCUT2D eigenvalue weighted by molar-refractivity contribution is 5.78. The minimum atomic E-state index is -0.810. The molecule has 0 aliphatic carbocycles. The maximum Gasteiger partial charge on any atom is 0.323 e. The van der Waals surface area contributed by atoms with E-state index >= 15 is 0 Å². The summed E-state index contributed by atoms with van der Waals surface area (Å²) < 4.78 is 13.0. The molecule has 0 radical (unpaired) electrons. The highest BCUT2D eigenvalue weighted by Gasteiger charge is 2.46. The van der Waals surface area contributed by atoms with E-state index in [1.807, 2.05) is 11.8 Å². The summed E-state index contributed by atoms with van der Waals surface area (Å²) in [4.78, 5) is 13.6. The van der Waals surface area contributed by atoms with Crippen molar-refractivity contribution in [3.8, 4) is 0 Å². The molecule has 2 unspecified atom stereocenters. The molecule has 0 amide bonds. The maximum atomic E-state index is 13.0. The number of carboxylic acid groups (broad SMARTS) is 1. The van der Waals surface area contributed by atoms with Gasteiger partial charge in [-0.25, -0.2) is 4.39 Å². The Bertz CT molecular complexity index is 460. The Kier molecular flexibility index (Phi) is 3.90. The minimum absolute atomic E-state index is 0.0317. The van der Waals surface area contributed by atoms with Crippen LogP contribution in [-0.2, 0) is 4.79 Å². The summed E-state index contributed by atoms with van der Waals surface area (Å²) in [5.74, 6) is -1.04. The highest BCUT2D eigenvalue weighted by Crippen LogP contribution is 2.38. The summed E-state index contributed by atoms with van der Waals surface area (Å²) in [5.41, 5.74) is 0.174. The van der Waals surface area contributed by atoms with Gasteiger partial charge in [0, 0.05) is 6.04 Å². The maximum absolute atomic E-state index is 13.0. The Hall–Kier alpha value is -1.42. The largest absolute Gasteiger partial charge is 0.480 e. The van der Waals surface area contributed by atoms with Gasteiger partial charge in [0.05, 0.1) is 0 Å². The van der Waals surface area contributed by atoms with Gasteiger partial charge in [0.2, 0.25) is 0 Å². The molecule has 0 spiro atoms. The summed E-state index contributed by atoms with van der Waals surface area (Å²) in [7, 11) is 0. The van der Waals surface area contributed by atoms with Gasteiger partial charge in [0.15, 0.2) is 0 Å². The van der Waals surface area contributed by atoms with Crippen molar-refractivity contribution in [3.63, 3.8) is 0 Å². The molecule has 1 N–H and O–H groups in total. The van der Waals surface area contributed by atoms with Crippen LogP contribution in [0.5, 0.6) is 0 Å². The summed E-state index contributed by atoms with van der Waals surface area (Å²) >= 11 is 0. The number of halogens is 1. The smallest absolute Gasteiger partial charge is 0.323 e. The summed E-state index contributed by atoms with van der Waals surface area (Å²) in [5, 5.41) is 9.48. The van der Waals surface area contributed by atoms with Gasteiger partial charge in [0.1, 0.15) is 11.4 Å². The molecular weight excluding hydrogens is 245 g/mol. The third-order valence-corrected chi connectivity index (χ3v) is 4.17. The van der Waals surface area contributed by atoms with Crippen LogP contribution in [0.15, 0.2) is 24.3 Å². The van der Waals surface area contributed by atoms with Crippen LogP contribution >= 0.6 is 0 Å². The average molecular weight is 265 g/mol. The lowest BCUT2D eigenvalue weighted by molar-refractivity contribution is -0.150. The fraction of sp³-hybridized carbons (Fsp3) is 0.533. The van der Waals surface area contributed by atoms with E-state index in [1.54, 1.807) is 19.1 Å². The second kappa shape index (κ2) is 5.29. The predicted octanol–water partition coefficient (Wildman–Crippen LogP) is 3.22. The fourth-order valence-corrected chi connectivity index (χ4v) is 3.03. The number of nitrogens with zero attached hydrogens (tertiary/aromatic N) is 1. The molecule has 4 heteroatoms. The fourth-order valence-electron chi connectivity index (χ4n) is 3.03. The van der Waals surface area contributed by atoms with Crippen LogP contribution < -0.4 is 0 Å². The van der Waals surface area contributed by atoms with Gasteiger partial charge in [-0.05, 0) is 50.4 Å². The first-order chi connectivity index (χ1) is 8.99. The van der Waals surface area contributed by atoms with E-state index in [2.05, 4.69) is 0 Å². The SMILES string of the molecule is CCC(c1ccc(F)cc1)N1CCCC1(C)C(=O)O. The minimum Gasteiger partial charge on any atom is -0.480 e. The van der Waals surface area contributed by atoms with Crippen molar-refractivity contribution in [1.82, 2.24) is 4.90 Å². The number of likely N-dealkylation sites (tertiary alicyclic amines) is 1. The molecule has 0 aromatic heterocycles. The van der Waals surface area contributed by atoms with Crippen LogP contribution in [-0.4, -0.2) is 28.1 Å². The standard InChI is InChI=1S/C15H20FNO2/c1-3-13(11-5-7-12(16)8-6-11)17-10-4-9-15(17,2)14(18)19/h5-8,13H,3-4,9-10H2,1-2H3,(H,18,19). The van der Waals surface area contributed by atoms with Crippen LogP contribution in [0.1, 0.15) is 44.7 Å². The quantitative estimate of drug-likeness (QED) is 0.908. The first-order valence-corrected chi connectivity index (χ1v) is 6.74. The summed E-state index contributed by atoms with van der Waals surface area (Å²) in [6.45, 7) is 4.60. The third kappa shape index (κ3) is 2.50. The lowest BCUT2D eigenvalue weighted by atomic mass is 9.94. The van der Waals surface area contributed by atoms with Crippen LogP contribution in [0.3, 0.4) is 0 Å². The van der Waals surface area contributed by atoms with Crippen molar-refractivity contribution in [3.05, 3.63) is 35.6 Å². The van der Waals surface area contributed by atoms with Crippen molar-refractivity contribution >= 4 is 5.97 Å². The Labute approximate surface area is 113 Å². The van der Waals surface area contributed by atoms with Gasteiger partial charge in [0.25, 0.3) is 0 Å². The first kappa shape index (κ1) is 14.0.